The third kappa shape index (κ3) is 6.95. The van der Waals surface area contributed by atoms with E-state index in [-0.39, 0.29) is 0 Å². The van der Waals surface area contributed by atoms with Crippen LogP contribution >= 0.6 is 11.6 Å². The van der Waals surface area contributed by atoms with E-state index < -0.39 is 29.7 Å². The molecule has 9 nitrogen and oxygen atoms in total. The van der Waals surface area contributed by atoms with E-state index in [1.165, 1.54) is 6.42 Å². The van der Waals surface area contributed by atoms with Crippen molar-refractivity contribution in [3.05, 3.63) is 88.2 Å². The van der Waals surface area contributed by atoms with Crippen molar-refractivity contribution in [3.8, 4) is 5.75 Å². The molecule has 0 amide bonds. The van der Waals surface area contributed by atoms with Gasteiger partial charge in [-0.05, 0) is 113 Å². The zero-order chi connectivity index (χ0) is 38.4. The van der Waals surface area contributed by atoms with Gasteiger partial charge in [0.2, 0.25) is 0 Å². The van der Waals surface area contributed by atoms with Crippen LogP contribution in [0.5, 0.6) is 5.75 Å². The van der Waals surface area contributed by atoms with Gasteiger partial charge in [-0.1, -0.05) is 60.2 Å². The highest BCUT2D eigenvalue weighted by Crippen LogP contribution is 2.70. The van der Waals surface area contributed by atoms with Crippen molar-refractivity contribution >= 4 is 42.8 Å². The van der Waals surface area contributed by atoms with Crippen LogP contribution in [-0.4, -0.2) is 44.1 Å². The first-order valence-corrected chi connectivity index (χ1v) is 20.4. The van der Waals surface area contributed by atoms with Gasteiger partial charge < -0.3 is 23.5 Å². The summed E-state index contributed by atoms with van der Waals surface area (Å²) >= 11 is 7.47. The smallest absolute Gasteiger partial charge is 0.487 e. The second kappa shape index (κ2) is 15.3. The van der Waals surface area contributed by atoms with Crippen LogP contribution in [-0.2, 0) is 52.3 Å². The summed E-state index contributed by atoms with van der Waals surface area (Å²) < 4.78 is 32.6. The fourth-order valence-electron chi connectivity index (χ4n) is 9.96. The van der Waals surface area contributed by atoms with Gasteiger partial charge in [0.25, 0.3) is 12.3 Å². The number of aryl methyl sites for hydroxylation is 1. The van der Waals surface area contributed by atoms with Crippen LogP contribution < -0.4 is 14.8 Å². The van der Waals surface area contributed by atoms with Crippen molar-refractivity contribution < 1.29 is 42.7 Å². The normalized spacial score (nSPS) is 29.9. The van der Waals surface area contributed by atoms with Crippen LogP contribution in [0.1, 0.15) is 101 Å². The molecule has 1 aromatic heterocycles. The van der Waals surface area contributed by atoms with Crippen molar-refractivity contribution in [3.63, 3.8) is 0 Å². The zero-order valence-electron chi connectivity index (χ0n) is 32.8. The van der Waals surface area contributed by atoms with Crippen LogP contribution in [0, 0.1) is 23.7 Å². The number of carbonyl (C=O) groups excluding carboxylic acids is 1. The summed E-state index contributed by atoms with van der Waals surface area (Å²) in [6.45, 7) is 10.4. The van der Waals surface area contributed by atoms with Crippen LogP contribution in [0.2, 0.25) is 5.02 Å². The lowest BCUT2D eigenvalue weighted by molar-refractivity contribution is -0.697. The molecule has 6 fully saturated rings. The lowest BCUT2D eigenvalue weighted by atomic mass is 9.47. The molecule has 2 saturated heterocycles. The molecule has 1 spiro atoms. The lowest BCUT2D eigenvalue weighted by Gasteiger charge is -2.68. The van der Waals surface area contributed by atoms with E-state index in [1.807, 2.05) is 18.2 Å². The first-order valence-electron chi connectivity index (χ1n) is 20.0. The topological polar surface area (TPSA) is 85.6 Å². The minimum atomic E-state index is -1.12. The number of unbranched alkanes of at least 4 members (excludes halogenated alkanes) is 2. The van der Waals surface area contributed by atoms with Gasteiger partial charge in [0.05, 0.1) is 22.8 Å². The number of hydrogen-bond acceptors (Lipinski definition) is 8. The highest BCUT2D eigenvalue weighted by molar-refractivity contribution is 6.62. The Morgan fingerprint density at radius 3 is 2.11 bits per heavy atom. The summed E-state index contributed by atoms with van der Waals surface area (Å²) in [6, 6.07) is 16.5. The van der Waals surface area contributed by atoms with Crippen molar-refractivity contribution in [1.29, 1.82) is 0 Å². The molecule has 3 aromatic rings. The molecule has 1 atom stereocenters. The Bertz CT molecular complexity index is 1830. The van der Waals surface area contributed by atoms with Gasteiger partial charge in [0, 0.05) is 36.8 Å². The summed E-state index contributed by atoms with van der Waals surface area (Å²) in [5.41, 5.74) is 3.21. The molecule has 6 aliphatic rings. The predicted octanol–water partition coefficient (Wildman–Crippen LogP) is 7.98. The second-order valence-corrected chi connectivity index (χ2v) is 17.7. The second-order valence-electron chi connectivity index (χ2n) is 17.3. The van der Waals surface area contributed by atoms with E-state index in [2.05, 4.69) is 87.1 Å². The molecule has 2 aliphatic heterocycles. The average molecular weight is 771 g/mol. The maximum Gasteiger partial charge on any atom is 0.494 e. The molecular formula is C44H54BClNO8+. The minimum Gasteiger partial charge on any atom is -0.487 e. The Labute approximate surface area is 330 Å². The molecule has 11 heteroatoms. The first kappa shape index (κ1) is 38.6. The Morgan fingerprint density at radius 2 is 1.51 bits per heavy atom. The minimum absolute atomic E-state index is 0.303. The number of ether oxygens (including phenoxy) is 3. The van der Waals surface area contributed by atoms with Gasteiger partial charge in [-0.15, -0.1) is 0 Å². The fourth-order valence-corrected chi connectivity index (χ4v) is 10.3. The van der Waals surface area contributed by atoms with E-state index >= 15 is 0 Å². The molecular weight excluding hydrogens is 717 g/mol. The molecule has 3 heterocycles. The standard InChI is InChI=1S/C44H54BClNO8/c1-41(2)42(3,4)53-45(52-41)37-14-10-31(11-15-37)28-51-40-34(12-9-30-17-20-47(21-18-30)19-7-6-8-22-50-29-48)13-16-38(39(40)46)44(49-5)43(54-55-44)35-24-32-23-33(26-35)27-36(43)25-32/h9-18,20-21,29,32-33,35-36H,6-8,19,22-28H2,1-5H3/q+1/b12-9+. The van der Waals surface area contributed by atoms with Gasteiger partial charge >= 0.3 is 7.12 Å². The number of halogens is 1. The Morgan fingerprint density at radius 1 is 0.836 bits per heavy atom. The maximum atomic E-state index is 10.4. The average Bonchev–Trinajstić information content (AvgIpc) is 3.38. The molecule has 1 unspecified atom stereocenters. The van der Waals surface area contributed by atoms with Crippen LogP contribution in [0.3, 0.4) is 0 Å². The number of benzene rings is 2. The Balaban J connectivity index is 1.05. The maximum absolute atomic E-state index is 10.4. The van der Waals surface area contributed by atoms with Crippen LogP contribution in [0.4, 0.5) is 0 Å². The van der Waals surface area contributed by atoms with E-state index in [0.29, 0.717) is 42.3 Å². The third-order valence-electron chi connectivity index (χ3n) is 13.4. The van der Waals surface area contributed by atoms with E-state index in [0.717, 1.165) is 91.0 Å². The Hall–Kier alpha value is -3.25. The molecule has 4 aliphatic carbocycles. The van der Waals surface area contributed by atoms with Gasteiger partial charge in [-0.2, -0.15) is 4.89 Å². The summed E-state index contributed by atoms with van der Waals surface area (Å²) in [4.78, 5) is 22.8. The molecule has 4 bridgehead atoms. The largest absolute Gasteiger partial charge is 0.494 e. The van der Waals surface area contributed by atoms with E-state index in [1.54, 1.807) is 7.11 Å². The Kier molecular flexibility index (Phi) is 10.7. The van der Waals surface area contributed by atoms with Crippen molar-refractivity contribution in [1.82, 2.24) is 0 Å². The molecule has 0 radical (unpaired) electrons. The summed E-state index contributed by atoms with van der Waals surface area (Å²) in [7, 11) is 1.28. The van der Waals surface area contributed by atoms with Gasteiger partial charge in [0.15, 0.2) is 18.0 Å². The van der Waals surface area contributed by atoms with Crippen LogP contribution in [0.15, 0.2) is 60.9 Å². The number of pyridine rings is 1. The molecule has 4 saturated carbocycles. The molecule has 2 aromatic carbocycles. The number of methoxy groups -OCH3 is 1. The van der Waals surface area contributed by atoms with Crippen molar-refractivity contribution in [2.75, 3.05) is 13.7 Å². The molecule has 55 heavy (non-hydrogen) atoms. The van der Waals surface area contributed by atoms with Gasteiger partial charge in [-0.25, -0.2) is 9.45 Å². The van der Waals surface area contributed by atoms with Gasteiger partial charge in [-0.3, -0.25) is 4.79 Å². The van der Waals surface area contributed by atoms with Crippen LogP contribution in [0.25, 0.3) is 12.2 Å². The van der Waals surface area contributed by atoms with E-state index in [9.17, 15) is 4.79 Å². The number of rotatable bonds is 15. The van der Waals surface area contributed by atoms with Crippen molar-refractivity contribution in [2.24, 2.45) is 23.7 Å². The fraction of sp³-hybridized carbons (Fsp3) is 0.545. The summed E-state index contributed by atoms with van der Waals surface area (Å²) in [6.07, 6.45) is 17.1. The monoisotopic (exact) mass is 770 g/mol. The number of nitrogens with zero attached hydrogens (tertiary/aromatic N) is 1. The molecule has 292 valence electrons. The van der Waals surface area contributed by atoms with E-state index in [4.69, 9.17) is 44.9 Å². The number of hydrogen-bond donors (Lipinski definition) is 0. The SMILES string of the molecule is COC1(c2ccc(/C=C/c3cc[n+](CCCCCOC=O)cc3)c(OCc3ccc(B4OC(C)(C)C(C)(C)O4)cc3)c2Cl)OOC12C1CC3CC(C1)CC2C3. The highest BCUT2D eigenvalue weighted by atomic mass is 35.5. The number of aromatic nitrogens is 1. The quantitative estimate of drug-likeness (QED) is 0.0506. The lowest BCUT2D eigenvalue weighted by Crippen LogP contribution is -2.76. The molecule has 0 N–H and O–H groups in total. The summed E-state index contributed by atoms with van der Waals surface area (Å²) in [5, 5.41) is 0.471. The summed E-state index contributed by atoms with van der Waals surface area (Å²) in [5.74, 6) is 1.68. The predicted molar refractivity (Wildman–Crippen MR) is 210 cm³/mol. The van der Waals surface area contributed by atoms with Crippen molar-refractivity contribution in [2.45, 2.75) is 115 Å². The third-order valence-corrected chi connectivity index (χ3v) is 13.8. The first-order chi connectivity index (χ1) is 26.5. The molecule has 9 rings (SSSR count). The number of carbonyl (C=O) groups is 1. The zero-order valence-corrected chi connectivity index (χ0v) is 33.5. The highest BCUT2D eigenvalue weighted by Gasteiger charge is 2.77. The van der Waals surface area contributed by atoms with Gasteiger partial charge in [0.1, 0.15) is 18.9 Å².